The predicted octanol–water partition coefficient (Wildman–Crippen LogP) is 1.03. The van der Waals surface area contributed by atoms with Gasteiger partial charge in [0.15, 0.2) is 0 Å². The second-order valence-corrected chi connectivity index (χ2v) is 7.38. The maximum absolute atomic E-state index is 12.5. The van der Waals surface area contributed by atoms with Crippen LogP contribution >= 0.6 is 0 Å². The number of sulfonamides is 1. The summed E-state index contributed by atoms with van der Waals surface area (Å²) >= 11 is 0. The number of pyridine rings is 1. The molecule has 1 aromatic heterocycles. The molecule has 25 heavy (non-hydrogen) atoms. The molecule has 7 nitrogen and oxygen atoms in total. The van der Waals surface area contributed by atoms with Gasteiger partial charge in [-0.05, 0) is 35.9 Å². The monoisotopic (exact) mass is 361 g/mol. The Morgan fingerprint density at radius 3 is 2.60 bits per heavy atom. The number of aromatic nitrogens is 1. The van der Waals surface area contributed by atoms with Gasteiger partial charge in [0.1, 0.15) is 0 Å². The molecule has 2 aromatic rings. The van der Waals surface area contributed by atoms with Crippen LogP contribution in [0.25, 0.3) is 0 Å². The Balaban J connectivity index is 1.74. The molecule has 1 aliphatic rings. The molecule has 0 atom stereocenters. The molecule has 0 spiro atoms. The molecule has 2 heterocycles. The lowest BCUT2D eigenvalue weighted by molar-refractivity contribution is 0.0302. The summed E-state index contributed by atoms with van der Waals surface area (Å²) in [5, 5.41) is 0. The van der Waals surface area contributed by atoms with Crippen molar-refractivity contribution in [3.63, 3.8) is 0 Å². The molecular weight excluding hydrogens is 342 g/mol. The number of benzene rings is 1. The number of nitrogens with one attached hydrogen (secondary N) is 1. The lowest BCUT2D eigenvalue weighted by Crippen LogP contribution is -2.40. The molecule has 1 aliphatic heterocycles. The minimum absolute atomic E-state index is 0.0701. The van der Waals surface area contributed by atoms with E-state index in [1.165, 1.54) is 12.1 Å². The molecule has 3 rings (SSSR count). The van der Waals surface area contributed by atoms with Gasteiger partial charge < -0.3 is 9.64 Å². The number of carbonyl (C=O) groups is 1. The highest BCUT2D eigenvalue weighted by molar-refractivity contribution is 7.89. The third kappa shape index (κ3) is 4.41. The zero-order valence-corrected chi connectivity index (χ0v) is 14.4. The summed E-state index contributed by atoms with van der Waals surface area (Å²) in [6.07, 6.45) is 3.20. The number of ether oxygens (including phenoxy) is 1. The lowest BCUT2D eigenvalue weighted by atomic mass is 10.2. The van der Waals surface area contributed by atoms with Crippen molar-refractivity contribution < 1.29 is 17.9 Å². The molecule has 0 radical (unpaired) electrons. The summed E-state index contributed by atoms with van der Waals surface area (Å²) in [5.74, 6) is -0.186. The number of nitrogens with zero attached hydrogens (tertiary/aromatic N) is 2. The van der Waals surface area contributed by atoms with Crippen molar-refractivity contribution in [1.82, 2.24) is 14.6 Å². The van der Waals surface area contributed by atoms with Crippen molar-refractivity contribution in [2.24, 2.45) is 0 Å². The van der Waals surface area contributed by atoms with E-state index in [4.69, 9.17) is 4.74 Å². The van der Waals surface area contributed by atoms with Crippen molar-refractivity contribution in [2.75, 3.05) is 26.3 Å². The largest absolute Gasteiger partial charge is 0.378 e. The summed E-state index contributed by atoms with van der Waals surface area (Å²) in [5.41, 5.74) is 1.16. The van der Waals surface area contributed by atoms with Gasteiger partial charge in [-0.25, -0.2) is 13.1 Å². The summed E-state index contributed by atoms with van der Waals surface area (Å²) in [6, 6.07) is 9.56. The first kappa shape index (κ1) is 17.5. The van der Waals surface area contributed by atoms with E-state index in [1.807, 2.05) is 0 Å². The molecule has 0 bridgehead atoms. The molecule has 8 heteroatoms. The summed E-state index contributed by atoms with van der Waals surface area (Å²) in [7, 11) is -3.71. The first-order valence-electron chi connectivity index (χ1n) is 7.92. The summed E-state index contributed by atoms with van der Waals surface area (Å²) < 4.78 is 32.7. The zero-order chi connectivity index (χ0) is 17.7. The van der Waals surface area contributed by atoms with Crippen LogP contribution in [0.15, 0.2) is 53.7 Å². The van der Waals surface area contributed by atoms with E-state index >= 15 is 0 Å². The second kappa shape index (κ2) is 7.73. The molecular formula is C17H19N3O4S. The maximum atomic E-state index is 12.5. The van der Waals surface area contributed by atoms with E-state index in [2.05, 4.69) is 9.71 Å². The van der Waals surface area contributed by atoms with Crippen LogP contribution in [-0.4, -0.2) is 50.5 Å². The van der Waals surface area contributed by atoms with Gasteiger partial charge in [-0.15, -0.1) is 0 Å². The fourth-order valence-electron chi connectivity index (χ4n) is 2.51. The highest BCUT2D eigenvalue weighted by Gasteiger charge is 2.21. The van der Waals surface area contributed by atoms with E-state index < -0.39 is 10.0 Å². The average Bonchev–Trinajstić information content (AvgIpc) is 2.67. The van der Waals surface area contributed by atoms with Crippen LogP contribution < -0.4 is 4.72 Å². The Labute approximate surface area is 146 Å². The molecule has 1 saturated heterocycles. The Hall–Kier alpha value is -2.29. The minimum Gasteiger partial charge on any atom is -0.378 e. The van der Waals surface area contributed by atoms with Gasteiger partial charge in [-0.2, -0.15) is 0 Å². The van der Waals surface area contributed by atoms with Gasteiger partial charge in [0.05, 0.1) is 18.1 Å². The Kier molecular flexibility index (Phi) is 5.42. The maximum Gasteiger partial charge on any atom is 0.254 e. The number of rotatable bonds is 5. The van der Waals surface area contributed by atoms with Crippen molar-refractivity contribution in [3.8, 4) is 0 Å². The molecule has 1 amide bonds. The van der Waals surface area contributed by atoms with E-state index in [0.29, 0.717) is 31.9 Å². The van der Waals surface area contributed by atoms with Gasteiger partial charge in [0.2, 0.25) is 10.0 Å². The van der Waals surface area contributed by atoms with Crippen LogP contribution in [0.5, 0.6) is 0 Å². The summed E-state index contributed by atoms with van der Waals surface area (Å²) in [4.78, 5) is 18.1. The quantitative estimate of drug-likeness (QED) is 0.859. The summed E-state index contributed by atoms with van der Waals surface area (Å²) in [6.45, 7) is 2.17. The molecule has 1 fully saturated rings. The molecule has 0 unspecified atom stereocenters. The molecule has 132 valence electrons. The number of hydrogen-bond acceptors (Lipinski definition) is 5. The van der Waals surface area contributed by atoms with Crippen LogP contribution in [0.2, 0.25) is 0 Å². The Morgan fingerprint density at radius 2 is 1.88 bits per heavy atom. The van der Waals surface area contributed by atoms with Crippen LogP contribution in [0.4, 0.5) is 0 Å². The first-order chi connectivity index (χ1) is 12.1. The number of carbonyl (C=O) groups excluding carboxylic acids is 1. The molecule has 0 aliphatic carbocycles. The van der Waals surface area contributed by atoms with Crippen molar-refractivity contribution in [3.05, 3.63) is 59.9 Å². The Bertz CT molecular complexity index is 834. The zero-order valence-electron chi connectivity index (χ0n) is 13.6. The van der Waals surface area contributed by atoms with Crippen LogP contribution in [0, 0.1) is 0 Å². The molecule has 1 aromatic carbocycles. The highest BCUT2D eigenvalue weighted by atomic mass is 32.2. The highest BCUT2D eigenvalue weighted by Crippen LogP contribution is 2.15. The van der Waals surface area contributed by atoms with Crippen LogP contribution in [-0.2, 0) is 21.3 Å². The SMILES string of the molecule is O=C(c1cccc(S(=O)(=O)NCc2ccncc2)c1)N1CCOCC1. The van der Waals surface area contributed by atoms with Gasteiger partial charge in [-0.3, -0.25) is 9.78 Å². The van der Waals surface area contributed by atoms with Gasteiger partial charge in [-0.1, -0.05) is 6.07 Å². The lowest BCUT2D eigenvalue weighted by Gasteiger charge is -2.27. The Morgan fingerprint density at radius 1 is 1.16 bits per heavy atom. The number of hydrogen-bond donors (Lipinski definition) is 1. The topological polar surface area (TPSA) is 88.6 Å². The molecule has 1 N–H and O–H groups in total. The first-order valence-corrected chi connectivity index (χ1v) is 9.40. The normalized spacial score (nSPS) is 15.1. The van der Waals surface area contributed by atoms with E-state index in [0.717, 1.165) is 5.56 Å². The smallest absolute Gasteiger partial charge is 0.254 e. The third-order valence-electron chi connectivity index (χ3n) is 3.91. The minimum atomic E-state index is -3.71. The predicted molar refractivity (Wildman–Crippen MR) is 91.4 cm³/mol. The van der Waals surface area contributed by atoms with Crippen molar-refractivity contribution in [2.45, 2.75) is 11.4 Å². The standard InChI is InChI=1S/C17H19N3O4S/c21-17(20-8-10-24-11-9-20)15-2-1-3-16(12-15)25(22,23)19-13-14-4-6-18-7-5-14/h1-7,12,19H,8-11,13H2. The van der Waals surface area contributed by atoms with Crippen LogP contribution in [0.1, 0.15) is 15.9 Å². The average molecular weight is 361 g/mol. The van der Waals surface area contributed by atoms with Crippen LogP contribution in [0.3, 0.4) is 0 Å². The van der Waals surface area contributed by atoms with E-state index in [9.17, 15) is 13.2 Å². The molecule has 0 saturated carbocycles. The fourth-order valence-corrected chi connectivity index (χ4v) is 3.57. The van der Waals surface area contributed by atoms with E-state index in [1.54, 1.807) is 41.6 Å². The van der Waals surface area contributed by atoms with Crippen molar-refractivity contribution in [1.29, 1.82) is 0 Å². The number of morpholine rings is 1. The second-order valence-electron chi connectivity index (χ2n) is 5.61. The van der Waals surface area contributed by atoms with Gasteiger partial charge in [0.25, 0.3) is 5.91 Å². The van der Waals surface area contributed by atoms with Gasteiger partial charge in [0, 0.05) is 37.6 Å². The third-order valence-corrected chi connectivity index (χ3v) is 5.30. The van der Waals surface area contributed by atoms with Gasteiger partial charge >= 0.3 is 0 Å². The van der Waals surface area contributed by atoms with E-state index in [-0.39, 0.29) is 17.3 Å². The fraction of sp³-hybridized carbons (Fsp3) is 0.294. The van der Waals surface area contributed by atoms with Crippen molar-refractivity contribution >= 4 is 15.9 Å². The number of amides is 1.